The molecule has 0 aliphatic rings. The molecule has 102 valence electrons. The van der Waals surface area contributed by atoms with E-state index in [-0.39, 0.29) is 6.54 Å². The molecule has 3 N–H and O–H groups in total. The number of hydrogen-bond acceptors (Lipinski definition) is 4. The predicted octanol–water partition coefficient (Wildman–Crippen LogP) is 0.758. The first-order valence-corrected chi connectivity index (χ1v) is 6.12. The van der Waals surface area contributed by atoms with Gasteiger partial charge < -0.3 is 11.1 Å². The molecule has 19 heavy (non-hydrogen) atoms. The summed E-state index contributed by atoms with van der Waals surface area (Å²) in [5, 5.41) is 11.5. The van der Waals surface area contributed by atoms with Crippen molar-refractivity contribution in [3.63, 3.8) is 0 Å². The van der Waals surface area contributed by atoms with Crippen molar-refractivity contribution in [2.24, 2.45) is 5.73 Å². The van der Waals surface area contributed by atoms with E-state index in [1.807, 2.05) is 17.1 Å². The molecule has 0 aliphatic heterocycles. The van der Waals surface area contributed by atoms with Crippen molar-refractivity contribution >= 4 is 11.6 Å². The maximum absolute atomic E-state index is 10.8. The van der Waals surface area contributed by atoms with Crippen molar-refractivity contribution in [2.75, 3.05) is 5.32 Å². The van der Waals surface area contributed by atoms with Crippen molar-refractivity contribution < 1.29 is 4.79 Å². The Morgan fingerprint density at radius 3 is 2.79 bits per heavy atom. The maximum atomic E-state index is 10.8. The van der Waals surface area contributed by atoms with Crippen LogP contribution in [0, 0.1) is 0 Å². The van der Waals surface area contributed by atoms with Gasteiger partial charge in [-0.05, 0) is 13.8 Å². The van der Waals surface area contributed by atoms with E-state index in [9.17, 15) is 4.79 Å². The highest BCUT2D eigenvalue weighted by Gasteiger charge is 2.03. The van der Waals surface area contributed by atoms with E-state index in [1.165, 1.54) is 4.68 Å². The Bertz CT molecular complexity index is 556. The summed E-state index contributed by atoms with van der Waals surface area (Å²) in [4.78, 5) is 10.8. The molecule has 0 unspecified atom stereocenters. The van der Waals surface area contributed by atoms with Crippen LogP contribution in [0.1, 0.15) is 25.5 Å². The Hall–Kier alpha value is -2.31. The molecule has 0 atom stereocenters. The lowest BCUT2D eigenvalue weighted by Crippen LogP contribution is -2.18. The molecule has 2 heterocycles. The van der Waals surface area contributed by atoms with Crippen molar-refractivity contribution in [2.45, 2.75) is 33.0 Å². The van der Waals surface area contributed by atoms with Crippen molar-refractivity contribution in [1.82, 2.24) is 19.6 Å². The van der Waals surface area contributed by atoms with E-state index in [2.05, 4.69) is 29.4 Å². The highest BCUT2D eigenvalue weighted by Crippen LogP contribution is 2.09. The summed E-state index contributed by atoms with van der Waals surface area (Å²) < 4.78 is 3.41. The third-order valence-electron chi connectivity index (χ3n) is 2.63. The summed E-state index contributed by atoms with van der Waals surface area (Å²) in [6.45, 7) is 4.91. The van der Waals surface area contributed by atoms with Crippen LogP contribution in [0.2, 0.25) is 0 Å². The second kappa shape index (κ2) is 5.55. The zero-order valence-corrected chi connectivity index (χ0v) is 11.1. The second-order valence-corrected chi connectivity index (χ2v) is 4.67. The minimum atomic E-state index is -0.409. The molecule has 1 amide bonds. The normalized spacial score (nSPS) is 10.9. The van der Waals surface area contributed by atoms with Gasteiger partial charge in [-0.15, -0.1) is 0 Å². The lowest BCUT2D eigenvalue weighted by Gasteiger charge is -2.03. The number of primary amides is 1. The standard InChI is InChI=1S/C12H18N6O/c1-9(2)18-6-10(4-16-18)3-14-11-5-15-17(7-11)8-12(13)19/h4-7,9,14H,3,8H2,1-2H3,(H2,13,19). The molecule has 7 nitrogen and oxygen atoms in total. The van der Waals surface area contributed by atoms with Gasteiger partial charge in [-0.2, -0.15) is 10.2 Å². The Morgan fingerprint density at radius 2 is 2.16 bits per heavy atom. The van der Waals surface area contributed by atoms with Crippen LogP contribution in [0.25, 0.3) is 0 Å². The molecule has 0 saturated heterocycles. The van der Waals surface area contributed by atoms with E-state index in [4.69, 9.17) is 5.73 Å². The van der Waals surface area contributed by atoms with Gasteiger partial charge >= 0.3 is 0 Å². The molecule has 0 aliphatic carbocycles. The smallest absolute Gasteiger partial charge is 0.239 e. The number of rotatable bonds is 6. The Morgan fingerprint density at radius 1 is 1.37 bits per heavy atom. The van der Waals surface area contributed by atoms with Gasteiger partial charge in [-0.3, -0.25) is 14.2 Å². The first-order chi connectivity index (χ1) is 9.04. The van der Waals surface area contributed by atoms with Crippen LogP contribution < -0.4 is 11.1 Å². The van der Waals surface area contributed by atoms with Crippen LogP contribution >= 0.6 is 0 Å². The molecule has 2 rings (SSSR count). The number of hydrogen-bond donors (Lipinski definition) is 2. The van der Waals surface area contributed by atoms with Crippen LogP contribution in [0.4, 0.5) is 5.69 Å². The fourth-order valence-corrected chi connectivity index (χ4v) is 1.66. The molecule has 7 heteroatoms. The van der Waals surface area contributed by atoms with Gasteiger partial charge in [-0.25, -0.2) is 0 Å². The number of amides is 1. The largest absolute Gasteiger partial charge is 0.378 e. The third kappa shape index (κ3) is 3.57. The number of aromatic nitrogens is 4. The molecular formula is C12H18N6O. The average molecular weight is 262 g/mol. The molecular weight excluding hydrogens is 244 g/mol. The number of nitrogens with two attached hydrogens (primary N) is 1. The Balaban J connectivity index is 1.90. The Labute approximate surface area is 111 Å². The summed E-state index contributed by atoms with van der Waals surface area (Å²) in [5.74, 6) is -0.409. The molecule has 0 fully saturated rings. The fraction of sp³-hybridized carbons (Fsp3) is 0.417. The topological polar surface area (TPSA) is 90.8 Å². The third-order valence-corrected chi connectivity index (χ3v) is 2.63. The van der Waals surface area contributed by atoms with E-state index >= 15 is 0 Å². The number of nitrogens with one attached hydrogen (secondary N) is 1. The van der Waals surface area contributed by atoms with Gasteiger partial charge in [0.15, 0.2) is 0 Å². The Kier molecular flexibility index (Phi) is 3.84. The van der Waals surface area contributed by atoms with Crippen molar-refractivity contribution in [3.8, 4) is 0 Å². The van der Waals surface area contributed by atoms with E-state index < -0.39 is 5.91 Å². The zero-order chi connectivity index (χ0) is 13.8. The summed E-state index contributed by atoms with van der Waals surface area (Å²) in [6, 6.07) is 0.354. The van der Waals surface area contributed by atoms with Gasteiger partial charge in [0.2, 0.25) is 5.91 Å². The van der Waals surface area contributed by atoms with E-state index in [0.717, 1.165) is 11.3 Å². The van der Waals surface area contributed by atoms with Gasteiger partial charge in [0.25, 0.3) is 0 Å². The van der Waals surface area contributed by atoms with Crippen molar-refractivity contribution in [3.05, 3.63) is 30.4 Å². The van der Waals surface area contributed by atoms with Crippen LogP contribution in [0.5, 0.6) is 0 Å². The second-order valence-electron chi connectivity index (χ2n) is 4.67. The van der Waals surface area contributed by atoms with Gasteiger partial charge in [0.05, 0.1) is 18.1 Å². The molecule has 2 aromatic rings. The quantitative estimate of drug-likeness (QED) is 0.804. The van der Waals surface area contributed by atoms with Crippen LogP contribution in [-0.2, 0) is 17.9 Å². The zero-order valence-electron chi connectivity index (χ0n) is 11.1. The molecule has 0 saturated carbocycles. The average Bonchev–Trinajstić information content (AvgIpc) is 2.94. The number of anilines is 1. The molecule has 2 aromatic heterocycles. The summed E-state index contributed by atoms with van der Waals surface area (Å²) in [6.07, 6.45) is 7.25. The first-order valence-electron chi connectivity index (χ1n) is 6.12. The van der Waals surface area contributed by atoms with Gasteiger partial charge in [0.1, 0.15) is 6.54 Å². The first kappa shape index (κ1) is 13.1. The summed E-state index contributed by atoms with van der Waals surface area (Å²) in [5.41, 5.74) is 7.04. The predicted molar refractivity (Wildman–Crippen MR) is 71.4 cm³/mol. The highest BCUT2D eigenvalue weighted by atomic mass is 16.1. The summed E-state index contributed by atoms with van der Waals surface area (Å²) >= 11 is 0. The van der Waals surface area contributed by atoms with E-state index in [1.54, 1.807) is 12.4 Å². The van der Waals surface area contributed by atoms with Crippen LogP contribution in [0.3, 0.4) is 0 Å². The molecule has 0 bridgehead atoms. The maximum Gasteiger partial charge on any atom is 0.239 e. The molecule has 0 radical (unpaired) electrons. The van der Waals surface area contributed by atoms with Gasteiger partial charge in [-0.1, -0.05) is 0 Å². The van der Waals surface area contributed by atoms with E-state index in [0.29, 0.717) is 12.6 Å². The van der Waals surface area contributed by atoms with Crippen LogP contribution in [-0.4, -0.2) is 25.5 Å². The minimum absolute atomic E-state index is 0.0902. The number of carbonyl (C=O) groups is 1. The highest BCUT2D eigenvalue weighted by molar-refractivity contribution is 5.73. The number of carbonyl (C=O) groups excluding carboxylic acids is 1. The van der Waals surface area contributed by atoms with Crippen LogP contribution in [0.15, 0.2) is 24.8 Å². The van der Waals surface area contributed by atoms with Gasteiger partial charge in [0, 0.05) is 30.5 Å². The number of nitrogens with zero attached hydrogens (tertiary/aromatic N) is 4. The summed E-state index contributed by atoms with van der Waals surface area (Å²) in [7, 11) is 0. The minimum Gasteiger partial charge on any atom is -0.378 e. The lowest BCUT2D eigenvalue weighted by atomic mass is 10.3. The molecule has 0 aromatic carbocycles. The molecule has 0 spiro atoms. The SMILES string of the molecule is CC(C)n1cc(CNc2cnn(CC(N)=O)c2)cn1. The monoisotopic (exact) mass is 262 g/mol. The lowest BCUT2D eigenvalue weighted by molar-refractivity contribution is -0.118. The fourth-order valence-electron chi connectivity index (χ4n) is 1.66. The van der Waals surface area contributed by atoms with Crippen molar-refractivity contribution in [1.29, 1.82) is 0 Å².